The monoisotopic (exact) mass is 1160 g/mol. The number of aryl methyl sites for hydroxylation is 16. The van der Waals surface area contributed by atoms with Crippen molar-refractivity contribution in [2.24, 2.45) is 28.2 Å². The second-order valence-corrected chi connectivity index (χ2v) is 23.3. The zero-order valence-electron chi connectivity index (χ0n) is 62.4. The summed E-state index contributed by atoms with van der Waals surface area (Å²) in [5.41, 5.74) is 30.1. The Morgan fingerprint density at radius 2 is 0.580 bits per heavy atom. The van der Waals surface area contributed by atoms with Gasteiger partial charge in [-0.15, -0.1) is 0 Å². The number of pyridine rings is 4. The van der Waals surface area contributed by atoms with Crippen LogP contribution in [0.1, 0.15) is 79.1 Å². The van der Waals surface area contributed by atoms with Crippen molar-refractivity contribution >= 4 is 0 Å². The normalized spacial score (nSPS) is 12.7. The maximum absolute atomic E-state index is 7.71. The van der Waals surface area contributed by atoms with Crippen molar-refractivity contribution in [3.63, 3.8) is 0 Å². The number of rotatable bonds is 8. The van der Waals surface area contributed by atoms with Crippen LogP contribution >= 0.6 is 0 Å². The van der Waals surface area contributed by atoms with Crippen molar-refractivity contribution in [1.82, 2.24) is 0 Å². The van der Waals surface area contributed by atoms with Gasteiger partial charge in [-0.3, -0.25) is 0 Å². The summed E-state index contributed by atoms with van der Waals surface area (Å²) in [7, 11) is 7.79. The first-order valence-electron chi connectivity index (χ1n) is 34.5. The minimum atomic E-state index is -2.09. The van der Waals surface area contributed by atoms with E-state index in [1.165, 1.54) is 89.1 Å². The Kier molecular flexibility index (Phi) is 16.6. The molecule has 12 aromatic rings. The van der Waals surface area contributed by atoms with Crippen LogP contribution in [0.4, 0.5) is 0 Å². The molecule has 0 spiro atoms. The number of hydrogen-bond acceptors (Lipinski definition) is 0. The van der Waals surface area contributed by atoms with Crippen LogP contribution in [0.5, 0.6) is 0 Å². The van der Waals surface area contributed by atoms with E-state index in [9.17, 15) is 0 Å². The van der Waals surface area contributed by atoms with Gasteiger partial charge in [-0.2, -0.15) is 0 Å². The Morgan fingerprint density at radius 1 is 0.227 bits per heavy atom. The number of benzene rings is 8. The van der Waals surface area contributed by atoms with E-state index in [0.717, 1.165) is 50.5 Å². The van der Waals surface area contributed by atoms with Crippen LogP contribution in [-0.4, -0.2) is 0 Å². The van der Waals surface area contributed by atoms with Crippen molar-refractivity contribution in [2.75, 3.05) is 0 Å². The molecule has 8 aromatic carbocycles. The highest BCUT2D eigenvalue weighted by molar-refractivity contribution is 5.77. The van der Waals surface area contributed by atoms with Crippen LogP contribution in [0.25, 0.3) is 89.5 Å². The first kappa shape index (κ1) is 51.6. The van der Waals surface area contributed by atoms with Crippen molar-refractivity contribution in [2.45, 2.75) is 82.9 Å². The highest BCUT2D eigenvalue weighted by Gasteiger charge is 2.20. The van der Waals surface area contributed by atoms with Crippen LogP contribution < -0.4 is 18.3 Å². The average molecular weight is 1160 g/mol. The van der Waals surface area contributed by atoms with Crippen molar-refractivity contribution in [1.29, 1.82) is 0 Å². The van der Waals surface area contributed by atoms with Crippen LogP contribution in [0.15, 0.2) is 243 Å². The fourth-order valence-corrected chi connectivity index (χ4v) is 11.5. The second-order valence-electron chi connectivity index (χ2n) is 23.3. The molecule has 12 rings (SSSR count). The minimum Gasteiger partial charge on any atom is -0.201 e. The molecular formula is C84H88N4+4. The topological polar surface area (TPSA) is 15.5 Å². The van der Waals surface area contributed by atoms with Crippen LogP contribution in [0.3, 0.4) is 0 Å². The molecule has 0 saturated heterocycles. The van der Waals surface area contributed by atoms with Gasteiger partial charge in [0.1, 0.15) is 28.2 Å². The summed E-state index contributed by atoms with van der Waals surface area (Å²) in [6.45, 7) is 12.4. The lowest BCUT2D eigenvalue weighted by atomic mass is 9.93. The maximum atomic E-state index is 7.71. The van der Waals surface area contributed by atoms with E-state index < -0.39 is 20.6 Å². The SMILES string of the molecule is Cc1cc(-c2cccc[n+]2C)c(C)cc1-c1ccccc1.[2H]C([2H])([2H])c1c[n+](C)c(-c2cc(C)c(-c3ccccc3)cc2C)cc1C.[2H]C([2H])([2H])c1c[n+](C)c(-c2ccc(-c3ccccc3)cc2C)cc1C.[2H]C([2H])([2H])c1ccc(-c2cc(C)c(-c3ccccc3)cc2C)[n+](C)c1. The van der Waals surface area contributed by atoms with Crippen LogP contribution in [0, 0.1) is 82.9 Å². The highest BCUT2D eigenvalue weighted by atomic mass is 14.9. The zero-order chi connectivity index (χ0) is 70.3. The van der Waals surface area contributed by atoms with Crippen LogP contribution in [-0.2, 0) is 28.2 Å². The molecule has 4 heterocycles. The Morgan fingerprint density at radius 3 is 0.977 bits per heavy atom. The largest absolute Gasteiger partial charge is 0.212 e. The Balaban J connectivity index is 0.000000152. The molecule has 0 bridgehead atoms. The molecule has 0 aliphatic heterocycles. The van der Waals surface area contributed by atoms with Gasteiger partial charge in [0.2, 0.25) is 22.8 Å². The number of nitrogens with zero attached hydrogens (tertiary/aromatic N) is 4. The molecule has 440 valence electrons. The van der Waals surface area contributed by atoms with Gasteiger partial charge in [0.05, 0.1) is 0 Å². The summed E-state index contributed by atoms with van der Waals surface area (Å²) >= 11 is 0. The molecular weight excluding hydrogens is 1060 g/mol. The lowest BCUT2D eigenvalue weighted by Gasteiger charge is -2.12. The molecule has 0 fully saturated rings. The van der Waals surface area contributed by atoms with E-state index >= 15 is 0 Å². The molecule has 0 radical (unpaired) electrons. The highest BCUT2D eigenvalue weighted by Crippen LogP contribution is 2.34. The van der Waals surface area contributed by atoms with E-state index in [-0.39, 0.29) is 0 Å². The standard InChI is InChI=1S/C22H24N.2C21H22N.C20H20N/c1-15-13-22(23(5)14-18(15)4)21-12-16(2)20(11-17(21)3)19-9-7-6-8-10-19;1-15-13-21(22(4)14-17(15)3)20-11-10-19(12-16(20)2)18-8-6-5-7-9-18;1-15-10-11-21(22(4)14-15)20-13-16(2)19(12-17(20)3)18-8-6-5-7-9-18;1-15-14-19(20-11-7-8-12-21(20)3)16(2)13-18(15)17-9-5-4-6-10-17/h6-14H,1-5H3;2*5-14H,1-4H3;4-14H,1-3H3/q4*+1/i4D3;3D3;1D3;. The van der Waals surface area contributed by atoms with Gasteiger partial charge in [0.15, 0.2) is 24.8 Å². The summed E-state index contributed by atoms with van der Waals surface area (Å²) in [6.07, 6.45) is 7.25. The quantitative estimate of drug-likeness (QED) is 0.135. The maximum Gasteiger partial charge on any atom is 0.212 e. The number of hydrogen-bond donors (Lipinski definition) is 0. The lowest BCUT2D eigenvalue weighted by molar-refractivity contribution is -0.660. The van der Waals surface area contributed by atoms with Crippen molar-refractivity contribution < 1.29 is 30.6 Å². The lowest BCUT2D eigenvalue weighted by Crippen LogP contribution is -2.31. The molecule has 0 aliphatic carbocycles. The molecule has 4 aromatic heterocycles. The Bertz CT molecular complexity index is 4770. The van der Waals surface area contributed by atoms with E-state index in [4.69, 9.17) is 12.3 Å². The van der Waals surface area contributed by atoms with Gasteiger partial charge in [-0.1, -0.05) is 152 Å². The van der Waals surface area contributed by atoms with Gasteiger partial charge < -0.3 is 0 Å². The summed E-state index contributed by atoms with van der Waals surface area (Å²) in [5, 5.41) is 0. The fraction of sp³-hybridized carbons (Fsp3) is 0.190. The molecule has 0 aliphatic rings. The first-order chi connectivity index (χ1) is 45.9. The molecule has 88 heavy (non-hydrogen) atoms. The van der Waals surface area contributed by atoms with E-state index in [0.29, 0.717) is 16.7 Å². The summed E-state index contributed by atoms with van der Waals surface area (Å²) in [6, 6.07) is 75.3. The molecule has 0 atom stereocenters. The van der Waals surface area contributed by atoms with E-state index in [1.54, 1.807) is 24.7 Å². The van der Waals surface area contributed by atoms with Gasteiger partial charge in [0, 0.05) is 81.6 Å². The van der Waals surface area contributed by atoms with Gasteiger partial charge in [-0.05, 0) is 214 Å². The molecule has 0 unspecified atom stereocenters. The summed E-state index contributed by atoms with van der Waals surface area (Å²) in [4.78, 5) is 0. The summed E-state index contributed by atoms with van der Waals surface area (Å²) < 4.78 is 76.7. The molecule has 4 nitrogen and oxygen atoms in total. The van der Waals surface area contributed by atoms with Crippen molar-refractivity contribution in [3.05, 3.63) is 310 Å². The fourth-order valence-electron chi connectivity index (χ4n) is 11.5. The second kappa shape index (κ2) is 28.3. The predicted octanol–water partition coefficient (Wildman–Crippen LogP) is 19.1. The minimum absolute atomic E-state index is 0.356. The van der Waals surface area contributed by atoms with Crippen molar-refractivity contribution in [3.8, 4) is 89.5 Å². The zero-order valence-corrected chi connectivity index (χ0v) is 53.4. The molecule has 0 saturated carbocycles. The third-order valence-electron chi connectivity index (χ3n) is 16.6. The molecule has 4 heteroatoms. The Labute approximate surface area is 538 Å². The predicted molar refractivity (Wildman–Crippen MR) is 371 cm³/mol. The average Bonchev–Trinajstić information content (AvgIpc) is 0.837. The summed E-state index contributed by atoms with van der Waals surface area (Å²) in [5.74, 6) is 0. The molecule has 0 amide bonds. The number of aromatic nitrogens is 4. The van der Waals surface area contributed by atoms with Crippen LogP contribution in [0.2, 0.25) is 0 Å². The van der Waals surface area contributed by atoms with E-state index in [2.05, 4.69) is 218 Å². The smallest absolute Gasteiger partial charge is 0.201 e. The Hall–Kier alpha value is -9.64. The third-order valence-corrected chi connectivity index (χ3v) is 16.6. The van der Waals surface area contributed by atoms with Gasteiger partial charge in [-0.25, -0.2) is 18.3 Å². The van der Waals surface area contributed by atoms with Gasteiger partial charge >= 0.3 is 0 Å². The molecule has 0 N–H and O–H groups in total. The first-order valence-corrected chi connectivity index (χ1v) is 30.0. The third kappa shape index (κ3) is 14.8. The van der Waals surface area contributed by atoms with Gasteiger partial charge in [0.25, 0.3) is 0 Å². The van der Waals surface area contributed by atoms with E-state index in [1.807, 2.05) is 109 Å².